The van der Waals surface area contributed by atoms with Crippen LogP contribution in [-0.4, -0.2) is 6.61 Å². The van der Waals surface area contributed by atoms with E-state index in [1.165, 1.54) is 6.07 Å². The van der Waals surface area contributed by atoms with Crippen molar-refractivity contribution in [1.82, 2.24) is 0 Å². The van der Waals surface area contributed by atoms with Gasteiger partial charge in [-0.25, -0.2) is 0 Å². The van der Waals surface area contributed by atoms with Crippen molar-refractivity contribution in [2.24, 2.45) is 0 Å². The lowest BCUT2D eigenvalue weighted by Gasteiger charge is -2.08. The first-order valence-electron chi connectivity index (χ1n) is 3.95. The highest BCUT2D eigenvalue weighted by atomic mass is 19.3. The molecule has 71 valence electrons. The average Bonchev–Trinajstić information content (AvgIpc) is 2.03. The average molecular weight is 185 g/mol. The smallest absolute Gasteiger partial charge is 0.387 e. The summed E-state index contributed by atoms with van der Waals surface area (Å²) in [6.45, 7) is 1.08. The third kappa shape index (κ3) is 3.01. The molecule has 0 spiro atoms. The maximum atomic E-state index is 11.8. The summed E-state index contributed by atoms with van der Waals surface area (Å²) < 4.78 is 27.9. The van der Waals surface area contributed by atoms with E-state index in [2.05, 4.69) is 4.74 Å². The minimum absolute atomic E-state index is 0.203. The molecule has 0 heterocycles. The molecule has 1 nitrogen and oxygen atoms in total. The predicted molar refractivity (Wildman–Crippen MR) is 46.8 cm³/mol. The molecule has 0 fully saturated rings. The number of benzene rings is 1. The molecule has 0 aromatic heterocycles. The van der Waals surface area contributed by atoms with E-state index in [9.17, 15) is 8.78 Å². The Labute approximate surface area is 76.3 Å². The van der Waals surface area contributed by atoms with Crippen molar-refractivity contribution >= 4 is 0 Å². The zero-order chi connectivity index (χ0) is 9.84. The van der Waals surface area contributed by atoms with Crippen LogP contribution < -0.4 is 4.74 Å². The Morgan fingerprint density at radius 3 is 2.54 bits per heavy atom. The van der Waals surface area contributed by atoms with Gasteiger partial charge in [0.25, 0.3) is 0 Å². The van der Waals surface area contributed by atoms with Crippen LogP contribution in [0.5, 0.6) is 5.75 Å². The van der Waals surface area contributed by atoms with Gasteiger partial charge in [-0.1, -0.05) is 26.0 Å². The Kier molecular flexibility index (Phi) is 3.23. The normalized spacial score (nSPS) is 10.9. The van der Waals surface area contributed by atoms with Crippen LogP contribution in [0.1, 0.15) is 19.4 Å². The summed E-state index contributed by atoms with van der Waals surface area (Å²) in [7, 11) is 0. The Balaban J connectivity index is 2.79. The molecule has 1 aromatic carbocycles. The topological polar surface area (TPSA) is 9.23 Å². The molecule has 0 bridgehead atoms. The highest BCUT2D eigenvalue weighted by molar-refractivity contribution is 5.35. The van der Waals surface area contributed by atoms with E-state index in [-0.39, 0.29) is 5.75 Å². The lowest BCUT2D eigenvalue weighted by Crippen LogP contribution is -2.02. The van der Waals surface area contributed by atoms with E-state index < -0.39 is 6.61 Å². The number of alkyl halides is 2. The summed E-state index contributed by atoms with van der Waals surface area (Å²) in [6, 6.07) is 6.66. The molecule has 0 N–H and O–H groups in total. The van der Waals surface area contributed by atoms with Crippen LogP contribution in [0.4, 0.5) is 8.78 Å². The van der Waals surface area contributed by atoms with Crippen LogP contribution in [-0.2, 0) is 0 Å². The third-order valence-corrected chi connectivity index (χ3v) is 1.64. The van der Waals surface area contributed by atoms with Gasteiger partial charge in [0.2, 0.25) is 0 Å². The van der Waals surface area contributed by atoms with Crippen LogP contribution >= 0.6 is 0 Å². The highest BCUT2D eigenvalue weighted by Crippen LogP contribution is 2.20. The molecule has 0 saturated carbocycles. The van der Waals surface area contributed by atoms with Crippen LogP contribution in [0.3, 0.4) is 0 Å². The van der Waals surface area contributed by atoms with Gasteiger partial charge in [0.05, 0.1) is 0 Å². The molecule has 0 atom stereocenters. The maximum Gasteiger partial charge on any atom is 0.387 e. The fourth-order valence-electron chi connectivity index (χ4n) is 0.983. The fourth-order valence-corrected chi connectivity index (χ4v) is 0.983. The van der Waals surface area contributed by atoms with E-state index in [0.717, 1.165) is 11.5 Å². The van der Waals surface area contributed by atoms with E-state index in [0.29, 0.717) is 0 Å². The SMILES string of the molecule is C[C](C)c1cccc(OC(F)F)c1. The number of hydrogen-bond donors (Lipinski definition) is 0. The van der Waals surface area contributed by atoms with Gasteiger partial charge in [-0.2, -0.15) is 8.78 Å². The molecule has 0 aliphatic carbocycles. The predicted octanol–water partition coefficient (Wildman–Crippen LogP) is 3.25. The first-order valence-corrected chi connectivity index (χ1v) is 3.95. The lowest BCUT2D eigenvalue weighted by molar-refractivity contribution is -0.0498. The van der Waals surface area contributed by atoms with Gasteiger partial charge in [-0.3, -0.25) is 0 Å². The first-order chi connectivity index (χ1) is 6.09. The molecule has 1 rings (SSSR count). The standard InChI is InChI=1S/C10H11F2O/c1-7(2)8-4-3-5-9(6-8)13-10(11)12/h3-6,10H,1-2H3. The second kappa shape index (κ2) is 4.21. The summed E-state index contributed by atoms with van der Waals surface area (Å²) >= 11 is 0. The van der Waals surface area contributed by atoms with E-state index in [1.807, 2.05) is 19.9 Å². The van der Waals surface area contributed by atoms with Crippen molar-refractivity contribution in [3.05, 3.63) is 35.7 Å². The van der Waals surface area contributed by atoms with Crippen molar-refractivity contribution in [3.8, 4) is 5.75 Å². The van der Waals surface area contributed by atoms with Gasteiger partial charge in [0, 0.05) is 0 Å². The number of rotatable bonds is 3. The highest BCUT2D eigenvalue weighted by Gasteiger charge is 2.05. The van der Waals surface area contributed by atoms with Crippen LogP contribution in [0.25, 0.3) is 0 Å². The number of hydrogen-bond acceptors (Lipinski definition) is 1. The Morgan fingerprint density at radius 2 is 2.00 bits per heavy atom. The van der Waals surface area contributed by atoms with Gasteiger partial charge in [0.1, 0.15) is 5.75 Å². The molecule has 0 aliphatic rings. The first kappa shape index (κ1) is 9.96. The summed E-state index contributed by atoms with van der Waals surface area (Å²) in [5, 5.41) is 0. The molecule has 1 radical (unpaired) electrons. The van der Waals surface area contributed by atoms with Crippen LogP contribution in [0.2, 0.25) is 0 Å². The van der Waals surface area contributed by atoms with E-state index in [4.69, 9.17) is 0 Å². The van der Waals surface area contributed by atoms with Gasteiger partial charge < -0.3 is 4.74 Å². The van der Waals surface area contributed by atoms with Crippen molar-refractivity contribution in [1.29, 1.82) is 0 Å². The fraction of sp³-hybridized carbons (Fsp3) is 0.300. The quantitative estimate of drug-likeness (QED) is 0.702. The van der Waals surface area contributed by atoms with Crippen LogP contribution in [0, 0.1) is 5.92 Å². The Hall–Kier alpha value is -1.12. The lowest BCUT2D eigenvalue weighted by atomic mass is 10.0. The second-order valence-corrected chi connectivity index (χ2v) is 2.91. The van der Waals surface area contributed by atoms with Gasteiger partial charge in [0.15, 0.2) is 0 Å². The zero-order valence-corrected chi connectivity index (χ0v) is 7.55. The van der Waals surface area contributed by atoms with Crippen molar-refractivity contribution in [2.45, 2.75) is 20.5 Å². The molecule has 3 heteroatoms. The summed E-state index contributed by atoms with van der Waals surface area (Å²) in [6.07, 6.45) is 0. The molecule has 13 heavy (non-hydrogen) atoms. The van der Waals surface area contributed by atoms with E-state index >= 15 is 0 Å². The summed E-state index contributed by atoms with van der Waals surface area (Å²) in [4.78, 5) is 0. The Morgan fingerprint density at radius 1 is 1.31 bits per heavy atom. The molecule has 0 unspecified atom stereocenters. The monoisotopic (exact) mass is 185 g/mol. The Bertz CT molecular complexity index is 271. The van der Waals surface area contributed by atoms with E-state index in [1.54, 1.807) is 12.1 Å². The molecule has 0 saturated heterocycles. The van der Waals surface area contributed by atoms with Crippen molar-refractivity contribution in [2.75, 3.05) is 0 Å². The zero-order valence-electron chi connectivity index (χ0n) is 7.55. The van der Waals surface area contributed by atoms with Gasteiger partial charge in [-0.05, 0) is 23.6 Å². The number of ether oxygens (including phenoxy) is 1. The minimum Gasteiger partial charge on any atom is -0.435 e. The van der Waals surface area contributed by atoms with Gasteiger partial charge in [-0.15, -0.1) is 0 Å². The summed E-state index contributed by atoms with van der Waals surface area (Å²) in [5.74, 6) is 1.27. The van der Waals surface area contributed by atoms with Gasteiger partial charge >= 0.3 is 6.61 Å². The van der Waals surface area contributed by atoms with Crippen LogP contribution in [0.15, 0.2) is 24.3 Å². The molecule has 0 amide bonds. The maximum absolute atomic E-state index is 11.8. The largest absolute Gasteiger partial charge is 0.435 e. The van der Waals surface area contributed by atoms with Crippen molar-refractivity contribution in [3.63, 3.8) is 0 Å². The minimum atomic E-state index is -2.76. The number of halogens is 2. The second-order valence-electron chi connectivity index (χ2n) is 2.91. The summed E-state index contributed by atoms with van der Waals surface area (Å²) in [5.41, 5.74) is 0.915. The molecular formula is C10H11F2O. The third-order valence-electron chi connectivity index (χ3n) is 1.64. The molecular weight excluding hydrogens is 174 g/mol. The molecule has 1 aromatic rings. The molecule has 0 aliphatic heterocycles. The van der Waals surface area contributed by atoms with Crippen molar-refractivity contribution < 1.29 is 13.5 Å².